The molecule has 2 heterocycles. The van der Waals surface area contributed by atoms with E-state index < -0.39 is 0 Å². The van der Waals surface area contributed by atoms with Crippen LogP contribution in [0.15, 0.2) is 18.3 Å². The van der Waals surface area contributed by atoms with E-state index in [4.69, 9.17) is 5.73 Å². The topological polar surface area (TPSA) is 42.2 Å². The van der Waals surface area contributed by atoms with Gasteiger partial charge in [0.1, 0.15) is 5.82 Å². The van der Waals surface area contributed by atoms with Crippen molar-refractivity contribution in [3.8, 4) is 0 Å². The highest BCUT2D eigenvalue weighted by molar-refractivity contribution is 5.38. The first kappa shape index (κ1) is 12.4. The van der Waals surface area contributed by atoms with Gasteiger partial charge >= 0.3 is 0 Å². The third-order valence-corrected chi connectivity index (χ3v) is 4.34. The maximum atomic E-state index is 5.89. The van der Waals surface area contributed by atoms with E-state index in [-0.39, 0.29) is 0 Å². The molecule has 2 rings (SSSR count). The lowest BCUT2D eigenvalue weighted by Crippen LogP contribution is -2.26. The molecule has 0 radical (unpaired) electrons. The van der Waals surface area contributed by atoms with Crippen LogP contribution in [0.4, 0.5) is 5.82 Å². The molecule has 0 saturated carbocycles. The molecular weight excluding hydrogens is 210 g/mol. The van der Waals surface area contributed by atoms with Crippen molar-refractivity contribution >= 4 is 5.82 Å². The summed E-state index contributed by atoms with van der Waals surface area (Å²) in [5, 5.41) is 0. The molecule has 3 heteroatoms. The van der Waals surface area contributed by atoms with Crippen molar-refractivity contribution in [1.29, 1.82) is 0 Å². The fraction of sp³-hybridized carbons (Fsp3) is 0.643. The number of hydrogen-bond acceptors (Lipinski definition) is 3. The van der Waals surface area contributed by atoms with Crippen LogP contribution in [0.5, 0.6) is 0 Å². The lowest BCUT2D eigenvalue weighted by Gasteiger charge is -2.26. The van der Waals surface area contributed by atoms with E-state index in [9.17, 15) is 0 Å². The van der Waals surface area contributed by atoms with Crippen LogP contribution in [-0.2, 0) is 6.54 Å². The molecule has 0 aliphatic carbocycles. The Morgan fingerprint density at radius 1 is 1.41 bits per heavy atom. The zero-order valence-corrected chi connectivity index (χ0v) is 10.9. The number of anilines is 1. The molecule has 1 aliphatic heterocycles. The summed E-state index contributed by atoms with van der Waals surface area (Å²) in [7, 11) is 0. The van der Waals surface area contributed by atoms with E-state index in [1.807, 2.05) is 6.07 Å². The minimum Gasteiger partial charge on any atom is -0.383 e. The number of nitrogens with zero attached hydrogens (tertiary/aromatic N) is 2. The molecule has 1 aliphatic rings. The van der Waals surface area contributed by atoms with Gasteiger partial charge in [-0.05, 0) is 37.3 Å². The van der Waals surface area contributed by atoms with Gasteiger partial charge in [-0.2, -0.15) is 0 Å². The number of hydrogen-bond donors (Lipinski definition) is 1. The van der Waals surface area contributed by atoms with E-state index in [2.05, 4.69) is 29.8 Å². The van der Waals surface area contributed by atoms with Crippen molar-refractivity contribution in [2.24, 2.45) is 5.41 Å². The lowest BCUT2D eigenvalue weighted by atomic mass is 9.82. The third-order valence-electron chi connectivity index (χ3n) is 4.34. The molecule has 2 N–H and O–H groups in total. The highest BCUT2D eigenvalue weighted by atomic mass is 15.2. The molecule has 1 aromatic heterocycles. The molecule has 17 heavy (non-hydrogen) atoms. The molecule has 0 aromatic carbocycles. The van der Waals surface area contributed by atoms with Gasteiger partial charge in [-0.25, -0.2) is 4.98 Å². The number of aromatic nitrogens is 1. The van der Waals surface area contributed by atoms with Crippen LogP contribution in [0.25, 0.3) is 0 Å². The van der Waals surface area contributed by atoms with Crippen LogP contribution in [-0.4, -0.2) is 23.0 Å². The molecule has 0 unspecified atom stereocenters. The van der Waals surface area contributed by atoms with Gasteiger partial charge < -0.3 is 5.73 Å². The Hall–Kier alpha value is -1.09. The maximum absolute atomic E-state index is 5.89. The Morgan fingerprint density at radius 3 is 2.76 bits per heavy atom. The van der Waals surface area contributed by atoms with Crippen LogP contribution >= 0.6 is 0 Å². The molecule has 0 spiro atoms. The quantitative estimate of drug-likeness (QED) is 0.869. The standard InChI is InChI=1S/C14H23N3/c1-3-14(4-2)7-9-17(11-14)10-12-6-5-8-16-13(12)15/h5-6,8H,3-4,7,9-11H2,1-2H3,(H2,15,16). The van der Waals surface area contributed by atoms with Crippen LogP contribution in [0.3, 0.4) is 0 Å². The van der Waals surface area contributed by atoms with E-state index in [1.54, 1.807) is 6.20 Å². The summed E-state index contributed by atoms with van der Waals surface area (Å²) in [6, 6.07) is 4.05. The monoisotopic (exact) mass is 233 g/mol. The molecular formula is C14H23N3. The summed E-state index contributed by atoms with van der Waals surface area (Å²) in [6.07, 6.45) is 5.64. The summed E-state index contributed by atoms with van der Waals surface area (Å²) >= 11 is 0. The van der Waals surface area contributed by atoms with Gasteiger partial charge in [0.2, 0.25) is 0 Å². The van der Waals surface area contributed by atoms with E-state index >= 15 is 0 Å². The van der Waals surface area contributed by atoms with E-state index in [1.165, 1.54) is 32.4 Å². The van der Waals surface area contributed by atoms with Gasteiger partial charge in [-0.1, -0.05) is 19.9 Å². The third kappa shape index (κ3) is 2.60. The highest BCUT2D eigenvalue weighted by Gasteiger charge is 2.34. The molecule has 1 aromatic rings. The predicted molar refractivity (Wildman–Crippen MR) is 71.6 cm³/mol. The largest absolute Gasteiger partial charge is 0.383 e. The van der Waals surface area contributed by atoms with Gasteiger partial charge in [-0.3, -0.25) is 4.90 Å². The SMILES string of the molecule is CCC1(CC)CCN(Cc2cccnc2N)C1. The van der Waals surface area contributed by atoms with Crippen LogP contribution < -0.4 is 5.73 Å². The summed E-state index contributed by atoms with van der Waals surface area (Å²) in [4.78, 5) is 6.66. The van der Waals surface area contributed by atoms with Gasteiger partial charge in [0, 0.05) is 24.8 Å². The molecule has 0 amide bonds. The first-order valence-electron chi connectivity index (χ1n) is 6.61. The molecule has 94 valence electrons. The van der Waals surface area contributed by atoms with Gasteiger partial charge in [0.05, 0.1) is 0 Å². The number of rotatable bonds is 4. The van der Waals surface area contributed by atoms with Gasteiger partial charge in [0.15, 0.2) is 0 Å². The van der Waals surface area contributed by atoms with Crippen LogP contribution in [0.1, 0.15) is 38.7 Å². The molecule has 3 nitrogen and oxygen atoms in total. The Bertz CT molecular complexity index is 371. The fourth-order valence-corrected chi connectivity index (χ4v) is 2.82. The van der Waals surface area contributed by atoms with Crippen LogP contribution in [0.2, 0.25) is 0 Å². The Labute approximate surface area is 104 Å². The molecule has 0 bridgehead atoms. The normalized spacial score (nSPS) is 19.6. The first-order valence-corrected chi connectivity index (χ1v) is 6.61. The average molecular weight is 233 g/mol. The zero-order valence-electron chi connectivity index (χ0n) is 10.9. The van der Waals surface area contributed by atoms with Gasteiger partial charge in [-0.15, -0.1) is 0 Å². The second-order valence-corrected chi connectivity index (χ2v) is 5.22. The average Bonchev–Trinajstić information content (AvgIpc) is 2.76. The smallest absolute Gasteiger partial charge is 0.127 e. The summed E-state index contributed by atoms with van der Waals surface area (Å²) in [5.74, 6) is 0.679. The van der Waals surface area contributed by atoms with E-state index in [0.29, 0.717) is 11.2 Å². The van der Waals surface area contributed by atoms with Crippen LogP contribution in [0, 0.1) is 5.41 Å². The fourth-order valence-electron chi connectivity index (χ4n) is 2.82. The van der Waals surface area contributed by atoms with Crippen molar-refractivity contribution < 1.29 is 0 Å². The Morgan fingerprint density at radius 2 is 2.18 bits per heavy atom. The van der Waals surface area contributed by atoms with Crippen molar-refractivity contribution in [3.63, 3.8) is 0 Å². The summed E-state index contributed by atoms with van der Waals surface area (Å²) in [6.45, 7) is 7.96. The summed E-state index contributed by atoms with van der Waals surface area (Å²) in [5.41, 5.74) is 7.59. The highest BCUT2D eigenvalue weighted by Crippen LogP contribution is 2.37. The Balaban J connectivity index is 2.01. The molecule has 1 fully saturated rings. The number of nitrogens with two attached hydrogens (primary N) is 1. The molecule has 1 saturated heterocycles. The first-order chi connectivity index (χ1) is 8.19. The molecule has 0 atom stereocenters. The predicted octanol–water partition coefficient (Wildman–Crippen LogP) is 2.68. The second-order valence-electron chi connectivity index (χ2n) is 5.22. The van der Waals surface area contributed by atoms with Crippen molar-refractivity contribution in [1.82, 2.24) is 9.88 Å². The van der Waals surface area contributed by atoms with E-state index in [0.717, 1.165) is 12.1 Å². The van der Waals surface area contributed by atoms with Crippen molar-refractivity contribution in [2.45, 2.75) is 39.7 Å². The number of likely N-dealkylation sites (tertiary alicyclic amines) is 1. The zero-order chi connectivity index (χ0) is 12.3. The summed E-state index contributed by atoms with van der Waals surface area (Å²) < 4.78 is 0. The lowest BCUT2D eigenvalue weighted by molar-refractivity contribution is 0.236. The van der Waals surface area contributed by atoms with Gasteiger partial charge in [0.25, 0.3) is 0 Å². The number of pyridine rings is 1. The minimum atomic E-state index is 0.539. The van der Waals surface area contributed by atoms with Crippen molar-refractivity contribution in [3.05, 3.63) is 23.9 Å². The Kier molecular flexibility index (Phi) is 3.67. The second kappa shape index (κ2) is 5.05. The maximum Gasteiger partial charge on any atom is 0.127 e. The minimum absolute atomic E-state index is 0.539. The van der Waals surface area contributed by atoms with Crippen molar-refractivity contribution in [2.75, 3.05) is 18.8 Å². The number of nitrogen functional groups attached to an aromatic ring is 1.